The Balaban J connectivity index is 1.78. The molecule has 0 bridgehead atoms. The largest absolute Gasteiger partial charge is 0.355 e. The van der Waals surface area contributed by atoms with Gasteiger partial charge in [0.05, 0.1) is 23.7 Å². The fourth-order valence-corrected chi connectivity index (χ4v) is 7.76. The summed E-state index contributed by atoms with van der Waals surface area (Å²) in [5.41, 5.74) is 1.79. The molecule has 44 heavy (non-hydrogen) atoms. The van der Waals surface area contributed by atoms with Crippen LogP contribution in [0.25, 0.3) is 6.08 Å². The molecule has 0 saturated carbocycles. The summed E-state index contributed by atoms with van der Waals surface area (Å²) in [4.78, 5) is 13.9. The highest BCUT2D eigenvalue weighted by Gasteiger charge is 2.33. The van der Waals surface area contributed by atoms with Crippen LogP contribution in [-0.4, -0.2) is 105 Å². The van der Waals surface area contributed by atoms with E-state index in [1.54, 1.807) is 34.8 Å². The molecular formula is C32H52FN7O2S2. The summed E-state index contributed by atoms with van der Waals surface area (Å²) in [7, 11) is 2.30. The molecule has 246 valence electrons. The number of nitrogens with zero attached hydrogens (tertiary/aromatic N) is 7. The minimum atomic E-state index is -3.25. The van der Waals surface area contributed by atoms with Crippen molar-refractivity contribution in [3.8, 4) is 0 Å². The summed E-state index contributed by atoms with van der Waals surface area (Å²) in [6.07, 6.45) is 13.6. The van der Waals surface area contributed by atoms with Crippen LogP contribution >= 0.6 is 11.3 Å². The van der Waals surface area contributed by atoms with Crippen LogP contribution in [0.5, 0.6) is 0 Å². The number of anilines is 1. The summed E-state index contributed by atoms with van der Waals surface area (Å²) in [6, 6.07) is 0. The lowest BCUT2D eigenvalue weighted by atomic mass is 9.87. The fraction of sp³-hybridized carbons (Fsp3) is 0.656. The van der Waals surface area contributed by atoms with Gasteiger partial charge in [-0.15, -0.1) is 11.3 Å². The number of aliphatic imine (C=N–C) groups is 1. The van der Waals surface area contributed by atoms with Crippen molar-refractivity contribution in [3.05, 3.63) is 41.5 Å². The molecule has 0 aromatic carbocycles. The van der Waals surface area contributed by atoms with Crippen LogP contribution in [0.3, 0.4) is 0 Å². The first-order chi connectivity index (χ1) is 21.0. The second-order valence-electron chi connectivity index (χ2n) is 11.7. The number of likely N-dealkylation sites (tertiary alicyclic amines) is 1. The molecule has 2 aliphatic heterocycles. The van der Waals surface area contributed by atoms with Gasteiger partial charge in [0.25, 0.3) is 0 Å². The van der Waals surface area contributed by atoms with E-state index in [9.17, 15) is 12.8 Å². The van der Waals surface area contributed by atoms with Crippen molar-refractivity contribution in [3.63, 3.8) is 0 Å². The fourth-order valence-electron chi connectivity index (χ4n) is 5.59. The van der Waals surface area contributed by atoms with E-state index in [0.29, 0.717) is 31.8 Å². The van der Waals surface area contributed by atoms with Crippen molar-refractivity contribution in [1.29, 1.82) is 0 Å². The molecule has 1 fully saturated rings. The Bertz CT molecular complexity index is 1310. The maximum Gasteiger partial charge on any atom is 0.213 e. The van der Waals surface area contributed by atoms with Gasteiger partial charge in [0.1, 0.15) is 12.0 Å². The minimum absolute atomic E-state index is 0.203. The minimum Gasteiger partial charge on any atom is -0.355 e. The highest BCUT2D eigenvalue weighted by atomic mass is 32.2. The Morgan fingerprint density at radius 2 is 2.09 bits per heavy atom. The first kappa shape index (κ1) is 35.9. The van der Waals surface area contributed by atoms with E-state index in [2.05, 4.69) is 45.8 Å². The summed E-state index contributed by atoms with van der Waals surface area (Å²) in [5, 5.41) is 10.0. The number of halogens is 1. The van der Waals surface area contributed by atoms with Gasteiger partial charge in [0, 0.05) is 52.6 Å². The number of piperidine rings is 1. The van der Waals surface area contributed by atoms with Gasteiger partial charge < -0.3 is 9.80 Å². The third-order valence-corrected chi connectivity index (χ3v) is 11.3. The molecule has 0 aliphatic carbocycles. The average molecular weight is 650 g/mol. The SMILES string of the molecule is CC=CC(F)CC=Cc1csc(N(C)C(C(CC)=NC)N2CC=CC(N3CCC(C)C(CN(C)S(=O)(=O)CCCC)C3)=N2)n1. The maximum absolute atomic E-state index is 13.8. The van der Waals surface area contributed by atoms with Gasteiger partial charge >= 0.3 is 0 Å². The molecule has 0 radical (unpaired) electrons. The van der Waals surface area contributed by atoms with Crippen LogP contribution in [0.4, 0.5) is 9.52 Å². The zero-order valence-electron chi connectivity index (χ0n) is 27.6. The van der Waals surface area contributed by atoms with Gasteiger partial charge in [-0.1, -0.05) is 51.5 Å². The van der Waals surface area contributed by atoms with E-state index in [4.69, 9.17) is 10.1 Å². The number of allylic oxidation sites excluding steroid dienone is 3. The average Bonchev–Trinajstić information content (AvgIpc) is 3.48. The number of thiazole rings is 1. The summed E-state index contributed by atoms with van der Waals surface area (Å²) in [6.45, 7) is 10.9. The molecule has 12 heteroatoms. The number of hydrogen-bond acceptors (Lipinski definition) is 9. The number of rotatable bonds is 15. The Labute approximate surface area is 269 Å². The van der Waals surface area contributed by atoms with Crippen molar-refractivity contribution >= 4 is 44.1 Å². The monoisotopic (exact) mass is 649 g/mol. The number of hydrogen-bond donors (Lipinski definition) is 0. The molecule has 3 rings (SSSR count). The van der Waals surface area contributed by atoms with Crippen molar-refractivity contribution in [2.24, 2.45) is 21.9 Å². The van der Waals surface area contributed by atoms with E-state index in [1.165, 1.54) is 0 Å². The molecule has 0 N–H and O–H groups in total. The molecule has 1 aromatic heterocycles. The Hall–Kier alpha value is -2.57. The molecule has 0 spiro atoms. The summed E-state index contributed by atoms with van der Waals surface area (Å²) < 4.78 is 41.0. The predicted molar refractivity (Wildman–Crippen MR) is 185 cm³/mol. The number of unbranched alkanes of at least 4 members (excludes halogenated alkanes) is 1. The van der Waals surface area contributed by atoms with E-state index >= 15 is 0 Å². The molecule has 3 heterocycles. The smallest absolute Gasteiger partial charge is 0.213 e. The lowest BCUT2D eigenvalue weighted by molar-refractivity contribution is 0.165. The van der Waals surface area contributed by atoms with Crippen molar-refractivity contribution in [2.75, 3.05) is 58.0 Å². The number of alkyl halides is 1. The van der Waals surface area contributed by atoms with Crippen LogP contribution in [-0.2, 0) is 10.0 Å². The van der Waals surface area contributed by atoms with Crippen molar-refractivity contribution in [2.45, 2.75) is 72.1 Å². The molecule has 1 aromatic rings. The second-order valence-corrected chi connectivity index (χ2v) is 14.7. The Kier molecular flexibility index (Phi) is 14.0. The molecule has 9 nitrogen and oxygen atoms in total. The summed E-state index contributed by atoms with van der Waals surface area (Å²) in [5.74, 6) is 1.73. The Morgan fingerprint density at radius 1 is 1.32 bits per heavy atom. The topological polar surface area (TPSA) is 84.7 Å². The molecule has 4 unspecified atom stereocenters. The lowest BCUT2D eigenvalue weighted by Gasteiger charge is -2.42. The highest BCUT2D eigenvalue weighted by Crippen LogP contribution is 2.28. The van der Waals surface area contributed by atoms with Crippen LogP contribution < -0.4 is 4.90 Å². The normalized spacial score (nSPS) is 21.5. The Morgan fingerprint density at radius 3 is 2.77 bits per heavy atom. The molecule has 4 atom stereocenters. The third-order valence-electron chi connectivity index (χ3n) is 8.41. The quantitative estimate of drug-likeness (QED) is 0.174. The van der Waals surface area contributed by atoms with Gasteiger partial charge in [-0.3, -0.25) is 10.0 Å². The molecule has 1 saturated heterocycles. The predicted octanol–water partition coefficient (Wildman–Crippen LogP) is 5.91. The molecular weight excluding hydrogens is 598 g/mol. The van der Waals surface area contributed by atoms with E-state index < -0.39 is 16.2 Å². The zero-order chi connectivity index (χ0) is 32.3. The van der Waals surface area contributed by atoms with Gasteiger partial charge in [-0.05, 0) is 50.2 Å². The van der Waals surface area contributed by atoms with Crippen LogP contribution in [0.1, 0.15) is 65.5 Å². The van der Waals surface area contributed by atoms with Crippen molar-refractivity contribution in [1.82, 2.24) is 19.2 Å². The van der Waals surface area contributed by atoms with Crippen molar-refractivity contribution < 1.29 is 12.8 Å². The van der Waals surface area contributed by atoms with E-state index in [1.807, 2.05) is 45.5 Å². The van der Waals surface area contributed by atoms with Gasteiger partial charge in [0.2, 0.25) is 10.0 Å². The second kappa shape index (κ2) is 17.2. The third kappa shape index (κ3) is 9.71. The van der Waals surface area contributed by atoms with Gasteiger partial charge in [0.15, 0.2) is 11.3 Å². The standard InChI is InChI=1S/C32H52FN7O2S2/c1-8-11-21-44(41,42)37(6)22-26-23-39(20-18-25(26)4)30-17-13-19-40(36-30)31(29(10-3)34-5)38(7)32-35-28(24-43-32)16-12-15-27(33)14-9-2/h9,12-14,16-17,24-27,31H,8,10-11,15,18-23H2,1-7H3. The van der Waals surface area contributed by atoms with Crippen LogP contribution in [0, 0.1) is 11.8 Å². The highest BCUT2D eigenvalue weighted by molar-refractivity contribution is 7.89. The number of hydrazone groups is 1. The molecule has 2 aliphatic rings. The van der Waals surface area contributed by atoms with E-state index in [-0.39, 0.29) is 17.8 Å². The van der Waals surface area contributed by atoms with Gasteiger partial charge in [-0.2, -0.15) is 5.10 Å². The number of aromatic nitrogens is 1. The summed E-state index contributed by atoms with van der Waals surface area (Å²) >= 11 is 1.54. The van der Waals surface area contributed by atoms with Crippen LogP contribution in [0.2, 0.25) is 0 Å². The maximum atomic E-state index is 13.8. The number of amidine groups is 1. The molecule has 0 amide bonds. The van der Waals surface area contributed by atoms with Gasteiger partial charge in [-0.25, -0.2) is 22.1 Å². The van der Waals surface area contributed by atoms with E-state index in [0.717, 1.165) is 54.7 Å². The van der Waals surface area contributed by atoms with Crippen LogP contribution in [0.15, 0.2) is 45.9 Å². The zero-order valence-corrected chi connectivity index (χ0v) is 29.2. The first-order valence-corrected chi connectivity index (χ1v) is 18.3. The number of sulfonamides is 1. The first-order valence-electron chi connectivity index (χ1n) is 15.8. The lowest BCUT2D eigenvalue weighted by Crippen LogP contribution is -2.53.